The van der Waals surface area contributed by atoms with Gasteiger partial charge < -0.3 is 15.3 Å². The summed E-state index contributed by atoms with van der Waals surface area (Å²) >= 11 is 0. The quantitative estimate of drug-likeness (QED) is 0.596. The lowest BCUT2D eigenvalue weighted by atomic mass is 9.88. The number of carboxylic acid groups (broad SMARTS) is 1. The lowest BCUT2D eigenvalue weighted by Gasteiger charge is -2.38. The number of rotatable bonds is 7. The predicted molar refractivity (Wildman–Crippen MR) is 126 cm³/mol. The van der Waals surface area contributed by atoms with Crippen LogP contribution in [0.25, 0.3) is 11.1 Å². The molecule has 1 aromatic carbocycles. The van der Waals surface area contributed by atoms with Gasteiger partial charge >= 0.3 is 6.09 Å². The average Bonchev–Trinajstić information content (AvgIpc) is 2.76. The number of amides is 1. The summed E-state index contributed by atoms with van der Waals surface area (Å²) in [5, 5.41) is 13.4. The van der Waals surface area contributed by atoms with E-state index in [1.165, 1.54) is 22.3 Å². The van der Waals surface area contributed by atoms with Crippen molar-refractivity contribution in [2.24, 2.45) is 5.41 Å². The second kappa shape index (κ2) is 10.3. The minimum absolute atomic E-state index is 0.0239. The van der Waals surface area contributed by atoms with Crippen molar-refractivity contribution < 1.29 is 9.90 Å². The van der Waals surface area contributed by atoms with Gasteiger partial charge in [0.25, 0.3) is 0 Å². The standard InChI is InChI=1S/C26H37N3O2/c1-5-19-6-7-21(20-12-14-27-15-13-20)16-22(19)17-28-23-8-10-24(11-9-23)29(25(30)31)18-26(2,3)4/h6-7,12-16,23-24,28H,5,8-11,17-18H2,1-4H3,(H,30,31). The van der Waals surface area contributed by atoms with E-state index in [-0.39, 0.29) is 11.5 Å². The molecule has 0 saturated heterocycles. The van der Waals surface area contributed by atoms with Gasteiger partial charge in [-0.3, -0.25) is 4.98 Å². The van der Waals surface area contributed by atoms with Crippen LogP contribution >= 0.6 is 0 Å². The molecule has 0 bridgehead atoms. The van der Waals surface area contributed by atoms with Crippen LogP contribution in [0.3, 0.4) is 0 Å². The van der Waals surface area contributed by atoms with Gasteiger partial charge in [-0.1, -0.05) is 39.8 Å². The van der Waals surface area contributed by atoms with E-state index < -0.39 is 6.09 Å². The van der Waals surface area contributed by atoms with Crippen molar-refractivity contribution in [3.8, 4) is 11.1 Å². The highest BCUT2D eigenvalue weighted by molar-refractivity contribution is 5.65. The summed E-state index contributed by atoms with van der Waals surface area (Å²) in [6.45, 7) is 9.94. The maximum absolute atomic E-state index is 11.8. The number of aryl methyl sites for hydroxylation is 1. The number of aromatic nitrogens is 1. The largest absolute Gasteiger partial charge is 0.465 e. The lowest BCUT2D eigenvalue weighted by Crippen LogP contribution is -2.47. The second-order valence-corrected chi connectivity index (χ2v) is 9.93. The molecule has 1 aromatic heterocycles. The van der Waals surface area contributed by atoms with E-state index >= 15 is 0 Å². The van der Waals surface area contributed by atoms with Crippen LogP contribution in [-0.4, -0.2) is 39.7 Å². The van der Waals surface area contributed by atoms with Crippen molar-refractivity contribution in [1.29, 1.82) is 0 Å². The molecular weight excluding hydrogens is 386 g/mol. The summed E-state index contributed by atoms with van der Waals surface area (Å²) in [4.78, 5) is 17.6. The summed E-state index contributed by atoms with van der Waals surface area (Å²) < 4.78 is 0. The van der Waals surface area contributed by atoms with Crippen molar-refractivity contribution in [3.05, 3.63) is 53.9 Å². The first-order valence-corrected chi connectivity index (χ1v) is 11.5. The summed E-state index contributed by atoms with van der Waals surface area (Å²) in [5.41, 5.74) is 5.11. The molecule has 5 nitrogen and oxygen atoms in total. The van der Waals surface area contributed by atoms with Gasteiger partial charge in [0.1, 0.15) is 0 Å². The molecular formula is C26H37N3O2. The van der Waals surface area contributed by atoms with E-state index in [1.54, 1.807) is 4.90 Å². The Hall–Kier alpha value is -2.40. The Kier molecular flexibility index (Phi) is 7.71. The number of hydrogen-bond acceptors (Lipinski definition) is 3. The number of pyridine rings is 1. The fraction of sp³-hybridized carbons (Fsp3) is 0.538. The van der Waals surface area contributed by atoms with E-state index in [9.17, 15) is 9.90 Å². The maximum Gasteiger partial charge on any atom is 0.407 e. The Labute approximate surface area is 186 Å². The fourth-order valence-corrected chi connectivity index (χ4v) is 4.57. The van der Waals surface area contributed by atoms with Gasteiger partial charge in [-0.25, -0.2) is 4.79 Å². The molecule has 3 rings (SSSR count). The fourth-order valence-electron chi connectivity index (χ4n) is 4.57. The molecule has 1 aliphatic carbocycles. The Morgan fingerprint density at radius 3 is 2.32 bits per heavy atom. The first kappa shape index (κ1) is 23.3. The van der Waals surface area contributed by atoms with Crippen LogP contribution in [0.2, 0.25) is 0 Å². The van der Waals surface area contributed by atoms with Crippen molar-refractivity contribution in [3.63, 3.8) is 0 Å². The summed E-state index contributed by atoms with van der Waals surface area (Å²) in [5.74, 6) is 0. The van der Waals surface area contributed by atoms with Crippen molar-refractivity contribution in [2.75, 3.05) is 6.54 Å². The summed E-state index contributed by atoms with van der Waals surface area (Å²) in [6.07, 6.45) is 7.79. The maximum atomic E-state index is 11.8. The highest BCUT2D eigenvalue weighted by Gasteiger charge is 2.31. The second-order valence-electron chi connectivity index (χ2n) is 9.93. The topological polar surface area (TPSA) is 65.5 Å². The lowest BCUT2D eigenvalue weighted by molar-refractivity contribution is 0.0847. The van der Waals surface area contributed by atoms with Gasteiger partial charge in [0.05, 0.1) is 0 Å². The number of carbonyl (C=O) groups is 1. The Morgan fingerprint density at radius 1 is 1.06 bits per heavy atom. The monoisotopic (exact) mass is 423 g/mol. The summed E-state index contributed by atoms with van der Waals surface area (Å²) in [7, 11) is 0. The first-order valence-electron chi connectivity index (χ1n) is 11.5. The average molecular weight is 424 g/mol. The number of benzene rings is 1. The summed E-state index contributed by atoms with van der Waals surface area (Å²) in [6, 6.07) is 11.4. The van der Waals surface area contributed by atoms with Crippen LogP contribution in [0.4, 0.5) is 4.79 Å². The highest BCUT2D eigenvalue weighted by atomic mass is 16.4. The molecule has 1 aliphatic rings. The molecule has 1 saturated carbocycles. The zero-order chi connectivity index (χ0) is 22.4. The van der Waals surface area contributed by atoms with E-state index in [4.69, 9.17) is 0 Å². The van der Waals surface area contributed by atoms with Crippen molar-refractivity contribution in [1.82, 2.24) is 15.2 Å². The number of nitrogens with zero attached hydrogens (tertiary/aromatic N) is 2. The smallest absolute Gasteiger partial charge is 0.407 e. The zero-order valence-corrected chi connectivity index (χ0v) is 19.4. The number of nitrogens with one attached hydrogen (secondary N) is 1. The minimum Gasteiger partial charge on any atom is -0.465 e. The van der Waals surface area contributed by atoms with Crippen LogP contribution in [0.5, 0.6) is 0 Å². The molecule has 2 N–H and O–H groups in total. The van der Waals surface area contributed by atoms with Crippen LogP contribution in [0, 0.1) is 5.41 Å². The molecule has 1 fully saturated rings. The Balaban J connectivity index is 1.60. The van der Waals surface area contributed by atoms with Crippen LogP contribution in [0.15, 0.2) is 42.7 Å². The van der Waals surface area contributed by atoms with Gasteiger partial charge in [0.2, 0.25) is 0 Å². The van der Waals surface area contributed by atoms with Crippen LogP contribution < -0.4 is 5.32 Å². The molecule has 5 heteroatoms. The Bertz CT molecular complexity index is 853. The van der Waals surface area contributed by atoms with E-state index in [2.05, 4.69) is 56.2 Å². The third-order valence-corrected chi connectivity index (χ3v) is 6.21. The van der Waals surface area contributed by atoms with Crippen LogP contribution in [0.1, 0.15) is 64.5 Å². The predicted octanol–water partition coefficient (Wildman–Crippen LogP) is 5.74. The molecule has 1 heterocycles. The van der Waals surface area contributed by atoms with E-state index in [0.29, 0.717) is 12.6 Å². The normalized spacial score (nSPS) is 19.2. The molecule has 31 heavy (non-hydrogen) atoms. The molecule has 0 aliphatic heterocycles. The molecule has 168 valence electrons. The molecule has 1 amide bonds. The van der Waals surface area contributed by atoms with Crippen molar-refractivity contribution >= 4 is 6.09 Å². The molecule has 0 spiro atoms. The third-order valence-electron chi connectivity index (χ3n) is 6.21. The van der Waals surface area contributed by atoms with E-state index in [1.807, 2.05) is 24.5 Å². The van der Waals surface area contributed by atoms with Gasteiger partial charge in [-0.15, -0.1) is 0 Å². The van der Waals surface area contributed by atoms with Gasteiger partial charge in [0.15, 0.2) is 0 Å². The van der Waals surface area contributed by atoms with Crippen LogP contribution in [-0.2, 0) is 13.0 Å². The van der Waals surface area contributed by atoms with Gasteiger partial charge in [0, 0.05) is 37.6 Å². The first-order chi connectivity index (χ1) is 14.8. The molecule has 0 unspecified atom stereocenters. The zero-order valence-electron chi connectivity index (χ0n) is 19.4. The van der Waals surface area contributed by atoms with Gasteiger partial charge in [-0.05, 0) is 78.0 Å². The Morgan fingerprint density at radius 2 is 1.74 bits per heavy atom. The van der Waals surface area contributed by atoms with E-state index in [0.717, 1.165) is 38.6 Å². The minimum atomic E-state index is -0.785. The molecule has 0 atom stereocenters. The van der Waals surface area contributed by atoms with Crippen molar-refractivity contribution in [2.45, 2.75) is 78.4 Å². The molecule has 0 radical (unpaired) electrons. The SMILES string of the molecule is CCc1ccc(-c2ccncc2)cc1CNC1CCC(N(CC(C)(C)C)C(=O)O)CC1. The third kappa shape index (κ3) is 6.54. The van der Waals surface area contributed by atoms with Gasteiger partial charge in [-0.2, -0.15) is 0 Å². The molecule has 2 aromatic rings. The highest BCUT2D eigenvalue weighted by Crippen LogP contribution is 2.28. The number of hydrogen-bond donors (Lipinski definition) is 2.